The summed E-state index contributed by atoms with van der Waals surface area (Å²) in [5.41, 5.74) is 1.85. The smallest absolute Gasteiger partial charge is 0.315 e. The predicted molar refractivity (Wildman–Crippen MR) is 88.1 cm³/mol. The molecule has 0 spiro atoms. The van der Waals surface area contributed by atoms with Crippen molar-refractivity contribution < 1.29 is 9.18 Å². The lowest BCUT2D eigenvalue weighted by atomic mass is 10.3. The Balaban J connectivity index is 1.49. The Morgan fingerprint density at radius 2 is 2.33 bits per heavy atom. The van der Waals surface area contributed by atoms with Gasteiger partial charge in [0.2, 0.25) is 0 Å². The quantitative estimate of drug-likeness (QED) is 0.886. The highest BCUT2D eigenvalue weighted by atomic mass is 19.1. The maximum absolute atomic E-state index is 13.8. The van der Waals surface area contributed by atoms with Crippen LogP contribution in [0, 0.1) is 12.7 Å². The van der Waals surface area contributed by atoms with Crippen LogP contribution in [0.15, 0.2) is 24.4 Å². The van der Waals surface area contributed by atoms with Crippen molar-refractivity contribution >= 4 is 11.8 Å². The molecule has 2 amide bonds. The molecule has 2 aromatic heterocycles. The van der Waals surface area contributed by atoms with E-state index in [0.29, 0.717) is 25.5 Å². The third-order valence-corrected chi connectivity index (χ3v) is 4.09. The van der Waals surface area contributed by atoms with E-state index in [-0.39, 0.29) is 17.9 Å². The monoisotopic (exact) mass is 332 g/mol. The molecule has 1 aliphatic rings. The van der Waals surface area contributed by atoms with Crippen LogP contribution in [0.2, 0.25) is 0 Å². The molecule has 0 aliphatic carbocycles. The van der Waals surface area contributed by atoms with Crippen LogP contribution in [-0.4, -0.2) is 39.9 Å². The van der Waals surface area contributed by atoms with Crippen LogP contribution >= 0.6 is 0 Å². The number of hydrogen-bond donors (Lipinski definition) is 2. The van der Waals surface area contributed by atoms with Crippen LogP contribution in [0.25, 0.3) is 0 Å². The van der Waals surface area contributed by atoms with Crippen molar-refractivity contribution in [2.75, 3.05) is 18.0 Å². The molecule has 0 bridgehead atoms. The molecule has 0 unspecified atom stereocenters. The van der Waals surface area contributed by atoms with Gasteiger partial charge in [-0.3, -0.25) is 4.68 Å². The maximum Gasteiger partial charge on any atom is 0.315 e. The number of aryl methyl sites for hydroxylation is 2. The minimum absolute atomic E-state index is 0.0281. The molecule has 1 aliphatic heterocycles. The summed E-state index contributed by atoms with van der Waals surface area (Å²) in [6.07, 6.45) is 2.33. The second-order valence-electron chi connectivity index (χ2n) is 5.97. The lowest BCUT2D eigenvalue weighted by molar-refractivity contribution is 0.237. The van der Waals surface area contributed by atoms with Crippen molar-refractivity contribution in [1.82, 2.24) is 25.4 Å². The zero-order valence-corrected chi connectivity index (χ0v) is 13.8. The first-order valence-electron chi connectivity index (χ1n) is 7.92. The first-order valence-corrected chi connectivity index (χ1v) is 7.92. The Bertz CT molecular complexity index is 731. The van der Waals surface area contributed by atoms with Crippen LogP contribution in [-0.2, 0) is 13.6 Å². The molecule has 1 fully saturated rings. The molecular formula is C16H21FN6O. The van der Waals surface area contributed by atoms with Gasteiger partial charge in [-0.2, -0.15) is 5.10 Å². The number of hydrogen-bond acceptors (Lipinski definition) is 4. The van der Waals surface area contributed by atoms with Crippen molar-refractivity contribution in [2.24, 2.45) is 7.05 Å². The highest BCUT2D eigenvalue weighted by molar-refractivity contribution is 5.74. The van der Waals surface area contributed by atoms with E-state index in [1.807, 2.05) is 24.9 Å². The molecule has 0 radical (unpaired) electrons. The van der Waals surface area contributed by atoms with Crippen molar-refractivity contribution in [3.63, 3.8) is 0 Å². The van der Waals surface area contributed by atoms with E-state index in [1.54, 1.807) is 16.9 Å². The first-order chi connectivity index (χ1) is 11.5. The number of aromatic nitrogens is 3. The number of pyridine rings is 1. The van der Waals surface area contributed by atoms with E-state index >= 15 is 0 Å². The number of rotatable bonds is 4. The van der Waals surface area contributed by atoms with Gasteiger partial charge in [0.1, 0.15) is 0 Å². The van der Waals surface area contributed by atoms with Crippen LogP contribution in [0.4, 0.5) is 15.0 Å². The number of carbonyl (C=O) groups excluding carboxylic acids is 1. The summed E-state index contributed by atoms with van der Waals surface area (Å²) in [4.78, 5) is 18.0. The van der Waals surface area contributed by atoms with Gasteiger partial charge in [-0.25, -0.2) is 14.2 Å². The van der Waals surface area contributed by atoms with Gasteiger partial charge in [-0.05, 0) is 31.5 Å². The standard InChI is InChI=1S/C16H21FN6O/c1-11-8-13(22(2)21-11)9-19-16(24)20-12-5-7-23(10-12)15-14(17)4-3-6-18-15/h3-4,6,8,12H,5,7,9-10H2,1-2H3,(H2,19,20,24)/t12-/m1/s1. The average molecular weight is 332 g/mol. The fourth-order valence-corrected chi connectivity index (χ4v) is 2.92. The normalized spacial score (nSPS) is 17.1. The number of urea groups is 1. The lowest BCUT2D eigenvalue weighted by Crippen LogP contribution is -2.43. The van der Waals surface area contributed by atoms with E-state index in [4.69, 9.17) is 0 Å². The van der Waals surface area contributed by atoms with Gasteiger partial charge in [0.25, 0.3) is 0 Å². The second kappa shape index (κ2) is 6.86. The maximum atomic E-state index is 13.8. The highest BCUT2D eigenvalue weighted by Gasteiger charge is 2.26. The van der Waals surface area contributed by atoms with Crippen molar-refractivity contribution in [3.05, 3.63) is 41.6 Å². The Morgan fingerprint density at radius 1 is 1.50 bits per heavy atom. The van der Waals surface area contributed by atoms with Gasteiger partial charge in [0, 0.05) is 32.4 Å². The largest absolute Gasteiger partial charge is 0.352 e. The lowest BCUT2D eigenvalue weighted by Gasteiger charge is -2.18. The molecule has 2 aromatic rings. The van der Waals surface area contributed by atoms with Crippen molar-refractivity contribution in [2.45, 2.75) is 25.9 Å². The molecular weight excluding hydrogens is 311 g/mol. The minimum Gasteiger partial charge on any atom is -0.352 e. The summed E-state index contributed by atoms with van der Waals surface area (Å²) in [7, 11) is 1.85. The van der Waals surface area contributed by atoms with Gasteiger partial charge in [-0.1, -0.05) is 0 Å². The van der Waals surface area contributed by atoms with Gasteiger partial charge in [0.15, 0.2) is 11.6 Å². The van der Waals surface area contributed by atoms with Gasteiger partial charge in [0.05, 0.1) is 17.9 Å². The van der Waals surface area contributed by atoms with Gasteiger partial charge in [-0.15, -0.1) is 0 Å². The third kappa shape index (κ3) is 3.64. The summed E-state index contributed by atoms with van der Waals surface area (Å²) < 4.78 is 15.5. The topological polar surface area (TPSA) is 75.1 Å². The summed E-state index contributed by atoms with van der Waals surface area (Å²) in [5.74, 6) is 0.00162. The number of amides is 2. The zero-order valence-electron chi connectivity index (χ0n) is 13.8. The SMILES string of the molecule is Cc1cc(CNC(=O)N[C@@H]2CCN(c3ncccc3F)C2)n(C)n1. The summed E-state index contributed by atoms with van der Waals surface area (Å²) in [6, 6.07) is 4.63. The van der Waals surface area contributed by atoms with E-state index in [9.17, 15) is 9.18 Å². The second-order valence-corrected chi connectivity index (χ2v) is 5.97. The summed E-state index contributed by atoms with van der Waals surface area (Å²) in [5, 5.41) is 9.99. The highest BCUT2D eigenvalue weighted by Crippen LogP contribution is 2.20. The molecule has 1 atom stereocenters. The summed E-state index contributed by atoms with van der Waals surface area (Å²) in [6.45, 7) is 3.54. The van der Waals surface area contributed by atoms with Crippen LogP contribution < -0.4 is 15.5 Å². The average Bonchev–Trinajstić information content (AvgIpc) is 3.12. The first kappa shape index (κ1) is 16.2. The molecule has 24 heavy (non-hydrogen) atoms. The fraction of sp³-hybridized carbons (Fsp3) is 0.438. The predicted octanol–water partition coefficient (Wildman–Crippen LogP) is 1.34. The Kier molecular flexibility index (Phi) is 4.64. The zero-order chi connectivity index (χ0) is 17.1. The number of nitrogens with one attached hydrogen (secondary N) is 2. The molecule has 128 valence electrons. The number of nitrogens with zero attached hydrogens (tertiary/aromatic N) is 4. The fourth-order valence-electron chi connectivity index (χ4n) is 2.92. The van der Waals surface area contributed by atoms with Crippen molar-refractivity contribution in [3.8, 4) is 0 Å². The molecule has 0 saturated carbocycles. The van der Waals surface area contributed by atoms with E-state index in [1.165, 1.54) is 6.07 Å². The molecule has 3 heterocycles. The number of carbonyl (C=O) groups is 1. The molecule has 0 aromatic carbocycles. The molecule has 2 N–H and O–H groups in total. The molecule has 8 heteroatoms. The number of anilines is 1. The van der Waals surface area contributed by atoms with E-state index < -0.39 is 0 Å². The Labute approximate surface area is 139 Å². The Hall–Kier alpha value is -2.64. The van der Waals surface area contributed by atoms with Crippen LogP contribution in [0.1, 0.15) is 17.8 Å². The summed E-state index contributed by atoms with van der Waals surface area (Å²) >= 11 is 0. The van der Waals surface area contributed by atoms with Crippen molar-refractivity contribution in [1.29, 1.82) is 0 Å². The Morgan fingerprint density at radius 3 is 3.04 bits per heavy atom. The third-order valence-electron chi connectivity index (χ3n) is 4.09. The van der Waals surface area contributed by atoms with E-state index in [0.717, 1.165) is 17.8 Å². The molecule has 3 rings (SSSR count). The minimum atomic E-state index is -0.339. The van der Waals surface area contributed by atoms with Crippen LogP contribution in [0.5, 0.6) is 0 Å². The van der Waals surface area contributed by atoms with E-state index in [2.05, 4.69) is 20.7 Å². The van der Waals surface area contributed by atoms with Gasteiger partial charge < -0.3 is 15.5 Å². The molecule has 1 saturated heterocycles. The number of halogens is 1. The van der Waals surface area contributed by atoms with Crippen LogP contribution in [0.3, 0.4) is 0 Å². The van der Waals surface area contributed by atoms with Gasteiger partial charge >= 0.3 is 6.03 Å². The molecule has 7 nitrogen and oxygen atoms in total.